The lowest BCUT2D eigenvalue weighted by Gasteiger charge is -2.36. The van der Waals surface area contributed by atoms with Crippen molar-refractivity contribution in [3.05, 3.63) is 97.1 Å². The van der Waals surface area contributed by atoms with Crippen LogP contribution in [0.15, 0.2) is 97.1 Å². The number of nitrogen functional groups attached to an aromatic ring is 4. The second-order valence-corrected chi connectivity index (χ2v) is 8.62. The van der Waals surface area contributed by atoms with Gasteiger partial charge in [0.15, 0.2) is 0 Å². The fraction of sp³-hybridized carbons (Fsp3) is 0.172. The molecule has 0 saturated heterocycles. The van der Waals surface area contributed by atoms with E-state index in [0.717, 1.165) is 0 Å². The standard InChI is InChI=1S/C29H32N4O4/c1-2-24(34-25-11-3-20(30)4-12-25)19-29(35-26-13-5-21(31)6-14-26,36-27-15-7-22(32)8-16-27)37-28-17-9-23(33)10-18-28/h3-18,24H,2,19,30-33H2,1H3. The highest BCUT2D eigenvalue weighted by Crippen LogP contribution is 2.33. The predicted octanol–water partition coefficient (Wildman–Crippen LogP) is 5.45. The quantitative estimate of drug-likeness (QED) is 0.157. The largest absolute Gasteiger partial charge is 0.490 e. The maximum Gasteiger partial charge on any atom is 0.420 e. The van der Waals surface area contributed by atoms with E-state index >= 15 is 0 Å². The molecular formula is C29H32N4O4. The van der Waals surface area contributed by atoms with Crippen molar-refractivity contribution >= 4 is 22.7 Å². The van der Waals surface area contributed by atoms with Gasteiger partial charge in [-0.15, -0.1) is 0 Å². The highest BCUT2D eigenvalue weighted by molar-refractivity contribution is 5.44. The van der Waals surface area contributed by atoms with Gasteiger partial charge in [0.1, 0.15) is 35.5 Å². The van der Waals surface area contributed by atoms with Crippen LogP contribution in [0, 0.1) is 0 Å². The van der Waals surface area contributed by atoms with Crippen LogP contribution in [0.1, 0.15) is 19.8 Å². The van der Waals surface area contributed by atoms with Gasteiger partial charge in [0, 0.05) is 22.7 Å². The lowest BCUT2D eigenvalue weighted by molar-refractivity contribution is -0.265. The molecule has 0 aromatic heterocycles. The first-order valence-electron chi connectivity index (χ1n) is 12.0. The van der Waals surface area contributed by atoms with Crippen LogP contribution in [-0.4, -0.2) is 12.1 Å². The molecule has 4 aromatic carbocycles. The normalized spacial score (nSPS) is 11.9. The first-order chi connectivity index (χ1) is 17.8. The van der Waals surface area contributed by atoms with Crippen molar-refractivity contribution in [2.24, 2.45) is 0 Å². The molecule has 0 bridgehead atoms. The lowest BCUT2D eigenvalue weighted by Crippen LogP contribution is -2.51. The van der Waals surface area contributed by atoms with Crippen molar-refractivity contribution in [1.29, 1.82) is 0 Å². The van der Waals surface area contributed by atoms with Gasteiger partial charge in [-0.2, -0.15) is 0 Å². The van der Waals surface area contributed by atoms with Crippen LogP contribution in [-0.2, 0) is 0 Å². The molecule has 0 spiro atoms. The van der Waals surface area contributed by atoms with Gasteiger partial charge in [-0.05, 0) is 103 Å². The molecule has 4 rings (SSSR count). The van der Waals surface area contributed by atoms with E-state index in [9.17, 15) is 0 Å². The molecule has 192 valence electrons. The molecule has 0 aliphatic rings. The monoisotopic (exact) mass is 500 g/mol. The van der Waals surface area contributed by atoms with Gasteiger partial charge in [0.05, 0.1) is 0 Å². The van der Waals surface area contributed by atoms with E-state index in [1.54, 1.807) is 84.9 Å². The van der Waals surface area contributed by atoms with E-state index in [1.165, 1.54) is 0 Å². The Morgan fingerprint density at radius 3 is 1.11 bits per heavy atom. The van der Waals surface area contributed by atoms with E-state index < -0.39 is 5.97 Å². The number of nitrogens with two attached hydrogens (primary N) is 4. The molecule has 0 aliphatic heterocycles. The number of hydrogen-bond donors (Lipinski definition) is 4. The average molecular weight is 501 g/mol. The van der Waals surface area contributed by atoms with E-state index in [2.05, 4.69) is 0 Å². The minimum absolute atomic E-state index is 0.201. The van der Waals surface area contributed by atoms with Crippen LogP contribution in [0.2, 0.25) is 0 Å². The average Bonchev–Trinajstić information content (AvgIpc) is 2.89. The molecule has 0 saturated carbocycles. The molecule has 8 nitrogen and oxygen atoms in total. The number of benzene rings is 4. The van der Waals surface area contributed by atoms with Crippen LogP contribution in [0.25, 0.3) is 0 Å². The van der Waals surface area contributed by atoms with Crippen molar-refractivity contribution < 1.29 is 18.9 Å². The van der Waals surface area contributed by atoms with E-state index in [1.807, 2.05) is 19.1 Å². The van der Waals surface area contributed by atoms with E-state index in [4.69, 9.17) is 41.9 Å². The van der Waals surface area contributed by atoms with Gasteiger partial charge < -0.3 is 41.9 Å². The molecule has 1 atom stereocenters. The van der Waals surface area contributed by atoms with Crippen LogP contribution >= 0.6 is 0 Å². The SMILES string of the molecule is CCC(CC(Oc1ccc(N)cc1)(Oc1ccc(N)cc1)Oc1ccc(N)cc1)Oc1ccc(N)cc1. The summed E-state index contributed by atoms with van der Waals surface area (Å²) in [4.78, 5) is 0. The van der Waals surface area contributed by atoms with Crippen molar-refractivity contribution in [2.45, 2.75) is 31.8 Å². The second-order valence-electron chi connectivity index (χ2n) is 8.62. The van der Waals surface area contributed by atoms with Crippen molar-refractivity contribution in [3.8, 4) is 23.0 Å². The molecule has 0 aliphatic carbocycles. The zero-order valence-electron chi connectivity index (χ0n) is 20.7. The van der Waals surface area contributed by atoms with E-state index in [-0.39, 0.29) is 12.5 Å². The fourth-order valence-electron chi connectivity index (χ4n) is 3.62. The molecule has 0 heterocycles. The maximum absolute atomic E-state index is 6.45. The predicted molar refractivity (Wildman–Crippen MR) is 147 cm³/mol. The van der Waals surface area contributed by atoms with Gasteiger partial charge in [0.25, 0.3) is 0 Å². The maximum atomic E-state index is 6.45. The Kier molecular flexibility index (Phi) is 7.78. The fourth-order valence-corrected chi connectivity index (χ4v) is 3.62. The summed E-state index contributed by atoms with van der Waals surface area (Å²) in [6.45, 7) is 2.02. The van der Waals surface area contributed by atoms with Crippen molar-refractivity contribution in [3.63, 3.8) is 0 Å². The minimum atomic E-state index is -1.63. The molecule has 8 heteroatoms. The van der Waals surface area contributed by atoms with Gasteiger partial charge >= 0.3 is 5.97 Å². The third kappa shape index (κ3) is 7.14. The number of hydrogen-bond acceptors (Lipinski definition) is 8. The molecular weight excluding hydrogens is 468 g/mol. The van der Waals surface area contributed by atoms with E-state index in [0.29, 0.717) is 52.2 Å². The van der Waals surface area contributed by atoms with Gasteiger partial charge in [-0.3, -0.25) is 0 Å². The summed E-state index contributed by atoms with van der Waals surface area (Å²) in [5, 5.41) is 0. The lowest BCUT2D eigenvalue weighted by atomic mass is 10.1. The molecule has 8 N–H and O–H groups in total. The Labute approximate surface area is 216 Å². The molecule has 0 radical (unpaired) electrons. The van der Waals surface area contributed by atoms with Crippen molar-refractivity contribution in [1.82, 2.24) is 0 Å². The third-order valence-corrected chi connectivity index (χ3v) is 5.58. The molecule has 4 aromatic rings. The van der Waals surface area contributed by atoms with Crippen LogP contribution in [0.4, 0.5) is 22.7 Å². The Morgan fingerprint density at radius 2 is 0.811 bits per heavy atom. The van der Waals surface area contributed by atoms with Crippen LogP contribution in [0.3, 0.4) is 0 Å². The Balaban J connectivity index is 1.73. The highest BCUT2D eigenvalue weighted by Gasteiger charge is 2.42. The summed E-state index contributed by atoms with van der Waals surface area (Å²) in [5.41, 5.74) is 26.0. The zero-order chi connectivity index (χ0) is 26.3. The Hall–Kier alpha value is -4.72. The molecule has 0 fully saturated rings. The second kappa shape index (κ2) is 11.3. The van der Waals surface area contributed by atoms with Crippen molar-refractivity contribution in [2.75, 3.05) is 22.9 Å². The zero-order valence-corrected chi connectivity index (χ0v) is 20.7. The third-order valence-electron chi connectivity index (χ3n) is 5.58. The molecule has 37 heavy (non-hydrogen) atoms. The number of anilines is 4. The first-order valence-corrected chi connectivity index (χ1v) is 12.0. The minimum Gasteiger partial charge on any atom is -0.490 e. The number of rotatable bonds is 11. The topological polar surface area (TPSA) is 141 Å². The number of ether oxygens (including phenoxy) is 4. The van der Waals surface area contributed by atoms with Gasteiger partial charge in [-0.1, -0.05) is 6.92 Å². The summed E-state index contributed by atoms with van der Waals surface area (Å²) in [6.07, 6.45) is 0.500. The Morgan fingerprint density at radius 1 is 0.514 bits per heavy atom. The summed E-state index contributed by atoms with van der Waals surface area (Å²) in [5.74, 6) is 0.547. The Bertz CT molecular complexity index is 1150. The smallest absolute Gasteiger partial charge is 0.420 e. The van der Waals surface area contributed by atoms with Crippen LogP contribution < -0.4 is 41.9 Å². The molecule has 1 unspecified atom stereocenters. The summed E-state index contributed by atoms with van der Waals surface area (Å²) in [6, 6.07) is 28.2. The molecule has 0 amide bonds. The highest BCUT2D eigenvalue weighted by atomic mass is 16.9. The first kappa shape index (κ1) is 25.4. The summed E-state index contributed by atoms with van der Waals surface area (Å²) < 4.78 is 25.6. The van der Waals surface area contributed by atoms with Gasteiger partial charge in [-0.25, -0.2) is 0 Å². The summed E-state index contributed by atoms with van der Waals surface area (Å²) >= 11 is 0. The van der Waals surface area contributed by atoms with Gasteiger partial charge in [0.2, 0.25) is 0 Å². The summed E-state index contributed by atoms with van der Waals surface area (Å²) in [7, 11) is 0. The van der Waals surface area contributed by atoms with Crippen LogP contribution in [0.5, 0.6) is 23.0 Å².